The number of nitrogens with two attached hydrogens (primary N) is 1. The quantitative estimate of drug-likeness (QED) is 0.0431. The number of benzene rings is 1. The molecule has 0 aliphatic carbocycles. The molecule has 2 fully saturated rings. The fraction of sp³-hybridized carbons (Fsp3) is 0.703. The Morgan fingerprint density at radius 1 is 0.695 bits per heavy atom. The molecular weight excluding hydrogens is 784 g/mol. The van der Waals surface area contributed by atoms with Crippen molar-refractivity contribution in [3.05, 3.63) is 35.9 Å². The molecule has 0 spiro atoms. The summed E-state index contributed by atoms with van der Waals surface area (Å²) in [5, 5.41) is 79.3. The van der Waals surface area contributed by atoms with E-state index < -0.39 is 117 Å². The molecule has 59 heavy (non-hydrogen) atoms. The highest BCUT2D eigenvalue weighted by Gasteiger charge is 2.44. The second kappa shape index (κ2) is 25.8. The summed E-state index contributed by atoms with van der Waals surface area (Å²) in [7, 11) is 0. The lowest BCUT2D eigenvalue weighted by molar-refractivity contribution is -0.300. The average Bonchev–Trinajstić information content (AvgIpc) is 3.20. The number of imide groups is 1. The van der Waals surface area contributed by atoms with E-state index in [0.29, 0.717) is 19.3 Å². The summed E-state index contributed by atoms with van der Waals surface area (Å²) in [6.07, 6.45) is -12.0. The zero-order chi connectivity index (χ0) is 43.5. The molecule has 1 aromatic rings. The summed E-state index contributed by atoms with van der Waals surface area (Å²) in [4.78, 5) is 64.3. The Balaban J connectivity index is 1.41. The highest BCUT2D eigenvalue weighted by atomic mass is 16.7. The maximum absolute atomic E-state index is 12.8. The number of aliphatic hydroxyl groups excluding tert-OH is 7. The van der Waals surface area contributed by atoms with E-state index in [0.717, 1.165) is 5.56 Å². The average molecular weight is 845 g/mol. The SMILES string of the molecule is C[C@@H]1O[C@@H](OCCNC(=O)CN(CC(=O)NCCCCCC(=O)NC(=O)[C@@H](N)Cc2ccccc2)CC(=O)NCCO[C@@H]2O[C@H](CO)[C@@H](O)[C@H](O)[C@@H]2O)[C@@H](O)[C@H](O)[C@@H]1O. The van der Waals surface area contributed by atoms with E-state index in [9.17, 15) is 59.7 Å². The Morgan fingerprint density at radius 2 is 1.22 bits per heavy atom. The molecule has 0 unspecified atom stereocenters. The Morgan fingerprint density at radius 3 is 1.78 bits per heavy atom. The summed E-state index contributed by atoms with van der Waals surface area (Å²) in [6, 6.07) is 8.29. The molecule has 5 amide bonds. The van der Waals surface area contributed by atoms with Crippen molar-refractivity contribution in [1.82, 2.24) is 26.2 Å². The minimum absolute atomic E-state index is 0.0762. The van der Waals surface area contributed by atoms with Crippen LogP contribution in [0, 0.1) is 0 Å². The first-order valence-corrected chi connectivity index (χ1v) is 19.5. The second-order valence-corrected chi connectivity index (χ2v) is 14.3. The second-order valence-electron chi connectivity index (χ2n) is 14.3. The number of rotatable bonds is 24. The van der Waals surface area contributed by atoms with Crippen molar-refractivity contribution in [3.63, 3.8) is 0 Å². The number of nitrogens with zero attached hydrogens (tertiary/aromatic N) is 1. The fourth-order valence-corrected chi connectivity index (χ4v) is 6.10. The van der Waals surface area contributed by atoms with Crippen LogP contribution in [0.2, 0.25) is 0 Å². The van der Waals surface area contributed by atoms with E-state index >= 15 is 0 Å². The molecule has 22 nitrogen and oxygen atoms in total. The molecule has 0 aromatic heterocycles. The van der Waals surface area contributed by atoms with Crippen molar-refractivity contribution in [2.24, 2.45) is 5.73 Å². The molecule has 22 heteroatoms. The fourth-order valence-electron chi connectivity index (χ4n) is 6.10. The van der Waals surface area contributed by atoms with Crippen LogP contribution in [0.25, 0.3) is 0 Å². The predicted octanol–water partition coefficient (Wildman–Crippen LogP) is -5.93. The molecule has 13 N–H and O–H groups in total. The molecule has 11 atom stereocenters. The first-order valence-electron chi connectivity index (χ1n) is 19.5. The first-order chi connectivity index (χ1) is 28.1. The number of ether oxygens (including phenoxy) is 4. The van der Waals surface area contributed by atoms with Gasteiger partial charge in [0.25, 0.3) is 0 Å². The van der Waals surface area contributed by atoms with Crippen molar-refractivity contribution in [2.45, 2.75) is 106 Å². The van der Waals surface area contributed by atoms with Gasteiger partial charge in [-0.1, -0.05) is 36.8 Å². The first kappa shape index (κ1) is 49.6. The van der Waals surface area contributed by atoms with E-state index in [2.05, 4.69) is 21.3 Å². The zero-order valence-corrected chi connectivity index (χ0v) is 33.0. The van der Waals surface area contributed by atoms with Gasteiger partial charge in [0.15, 0.2) is 12.6 Å². The van der Waals surface area contributed by atoms with Gasteiger partial charge in [0.05, 0.1) is 51.6 Å². The number of nitrogens with one attached hydrogen (secondary N) is 4. The van der Waals surface area contributed by atoms with Gasteiger partial charge in [-0.25, -0.2) is 0 Å². The number of carbonyl (C=O) groups excluding carboxylic acids is 5. The van der Waals surface area contributed by atoms with Gasteiger partial charge in [0, 0.05) is 26.1 Å². The van der Waals surface area contributed by atoms with Gasteiger partial charge in [-0.2, -0.15) is 0 Å². The maximum atomic E-state index is 12.8. The van der Waals surface area contributed by atoms with Gasteiger partial charge in [-0.05, 0) is 31.7 Å². The van der Waals surface area contributed by atoms with E-state index in [1.54, 1.807) is 0 Å². The standard InChI is InChI=1S/C37H60N6O16/c1-21-29(49)31(51)33(53)36(58-21)56-14-12-40-27(47)18-43(19-28(48)41-13-15-57-37-34(54)32(52)30(50)24(20-44)59-37)17-26(46)39-11-7-3-6-10-25(45)42-35(55)23(38)16-22-8-4-2-5-9-22/h2,4-5,8-9,21,23-24,29-34,36-37,44,49-54H,3,6-7,10-20,38H2,1H3,(H,39,46)(H,40,47)(H,41,48)(H,42,45,55)/t21-,23-,24+,29+,30+,31+,32-,33-,34-,36+,37+/m0/s1. The highest BCUT2D eigenvalue weighted by Crippen LogP contribution is 2.22. The van der Waals surface area contributed by atoms with Crippen LogP contribution in [0.15, 0.2) is 30.3 Å². The van der Waals surface area contributed by atoms with Crippen LogP contribution in [0.3, 0.4) is 0 Å². The van der Waals surface area contributed by atoms with Gasteiger partial charge in [0.2, 0.25) is 29.5 Å². The monoisotopic (exact) mass is 844 g/mol. The zero-order valence-electron chi connectivity index (χ0n) is 33.0. The molecule has 2 aliphatic rings. The number of unbranched alkanes of at least 4 members (excludes halogenated alkanes) is 2. The summed E-state index contributed by atoms with van der Waals surface area (Å²) < 4.78 is 21.4. The van der Waals surface area contributed by atoms with Crippen LogP contribution < -0.4 is 27.0 Å². The van der Waals surface area contributed by atoms with Crippen LogP contribution in [0.4, 0.5) is 0 Å². The number of hydrogen-bond donors (Lipinski definition) is 12. The largest absolute Gasteiger partial charge is 0.394 e. The number of hydrogen-bond acceptors (Lipinski definition) is 18. The van der Waals surface area contributed by atoms with Gasteiger partial charge in [0.1, 0.15) is 42.7 Å². The Kier molecular flexibility index (Phi) is 21.7. The highest BCUT2D eigenvalue weighted by molar-refractivity contribution is 5.97. The van der Waals surface area contributed by atoms with Crippen LogP contribution >= 0.6 is 0 Å². The third kappa shape index (κ3) is 17.0. The predicted molar refractivity (Wildman–Crippen MR) is 203 cm³/mol. The Hall–Kier alpha value is -3.75. The van der Waals surface area contributed by atoms with E-state index in [4.69, 9.17) is 24.7 Å². The molecule has 334 valence electrons. The van der Waals surface area contributed by atoms with Crippen LogP contribution in [-0.4, -0.2) is 197 Å². The maximum Gasteiger partial charge on any atom is 0.243 e. The summed E-state index contributed by atoms with van der Waals surface area (Å²) in [6.45, 7) is -0.699. The van der Waals surface area contributed by atoms with Crippen molar-refractivity contribution < 1.29 is 78.7 Å². The number of amides is 5. The van der Waals surface area contributed by atoms with Crippen LogP contribution in [0.1, 0.15) is 38.2 Å². The normalized spacial score (nSPS) is 27.4. The van der Waals surface area contributed by atoms with Gasteiger partial charge < -0.3 is 76.4 Å². The molecular formula is C37H60N6O16. The van der Waals surface area contributed by atoms with Crippen LogP contribution in [-0.2, 0) is 49.3 Å². The van der Waals surface area contributed by atoms with Gasteiger partial charge >= 0.3 is 0 Å². The Labute approximate surface area is 341 Å². The van der Waals surface area contributed by atoms with E-state index in [1.165, 1.54) is 11.8 Å². The van der Waals surface area contributed by atoms with Gasteiger partial charge in [-0.15, -0.1) is 0 Å². The Bertz CT molecular complexity index is 1460. The smallest absolute Gasteiger partial charge is 0.243 e. The third-order valence-electron chi connectivity index (χ3n) is 9.47. The van der Waals surface area contributed by atoms with Crippen molar-refractivity contribution >= 4 is 29.5 Å². The molecule has 2 saturated heterocycles. The lowest BCUT2D eigenvalue weighted by atomic mass is 9.99. The topological polar surface area (TPSA) is 341 Å². The van der Waals surface area contributed by atoms with E-state index in [-0.39, 0.29) is 52.2 Å². The molecule has 2 aliphatic heterocycles. The molecule has 2 heterocycles. The minimum atomic E-state index is -1.64. The summed E-state index contributed by atoms with van der Waals surface area (Å²) >= 11 is 0. The number of aliphatic hydroxyl groups is 7. The molecule has 1 aromatic carbocycles. The van der Waals surface area contributed by atoms with E-state index in [1.807, 2.05) is 30.3 Å². The minimum Gasteiger partial charge on any atom is -0.394 e. The number of carbonyl (C=O) groups is 5. The van der Waals surface area contributed by atoms with Gasteiger partial charge in [-0.3, -0.25) is 34.2 Å². The van der Waals surface area contributed by atoms with Crippen molar-refractivity contribution in [2.75, 3.05) is 59.1 Å². The summed E-state index contributed by atoms with van der Waals surface area (Å²) in [5.41, 5.74) is 6.80. The third-order valence-corrected chi connectivity index (χ3v) is 9.47. The summed E-state index contributed by atoms with van der Waals surface area (Å²) in [5.74, 6) is -2.74. The lowest BCUT2D eigenvalue weighted by Crippen LogP contribution is -2.59. The lowest BCUT2D eigenvalue weighted by Gasteiger charge is -2.39. The molecule has 3 rings (SSSR count). The molecule has 0 bridgehead atoms. The van der Waals surface area contributed by atoms with Crippen LogP contribution in [0.5, 0.6) is 0 Å². The van der Waals surface area contributed by atoms with Crippen molar-refractivity contribution in [1.29, 1.82) is 0 Å². The molecule has 0 saturated carbocycles. The molecule has 0 radical (unpaired) electrons. The van der Waals surface area contributed by atoms with Crippen molar-refractivity contribution in [3.8, 4) is 0 Å².